The predicted octanol–water partition coefficient (Wildman–Crippen LogP) is 3.30. The quantitative estimate of drug-likeness (QED) is 0.813. The largest absolute Gasteiger partial charge is 0.454 e. The van der Waals surface area contributed by atoms with Crippen LogP contribution in [-0.2, 0) is 9.59 Å². The Morgan fingerprint density at radius 1 is 0.957 bits per heavy atom. The van der Waals surface area contributed by atoms with Crippen molar-refractivity contribution in [1.29, 1.82) is 0 Å². The molecular formula is C15H10Cl2N2O4. The highest BCUT2D eigenvalue weighted by Gasteiger charge is 2.18. The Balaban J connectivity index is 1.68. The van der Waals surface area contributed by atoms with Gasteiger partial charge >= 0.3 is 11.8 Å². The fraction of sp³-hybridized carbons (Fsp3) is 0.0667. The lowest BCUT2D eigenvalue weighted by Crippen LogP contribution is -2.29. The fourth-order valence-electron chi connectivity index (χ4n) is 1.94. The van der Waals surface area contributed by atoms with Crippen molar-refractivity contribution in [3.63, 3.8) is 0 Å². The molecule has 0 aliphatic carbocycles. The van der Waals surface area contributed by atoms with Crippen molar-refractivity contribution in [2.75, 3.05) is 17.4 Å². The zero-order chi connectivity index (χ0) is 16.4. The number of anilines is 2. The third-order valence-electron chi connectivity index (χ3n) is 3.04. The molecule has 0 unspecified atom stereocenters. The molecule has 0 radical (unpaired) electrons. The monoisotopic (exact) mass is 352 g/mol. The second kappa shape index (κ2) is 6.36. The average Bonchev–Trinajstić information content (AvgIpc) is 2.99. The van der Waals surface area contributed by atoms with Gasteiger partial charge in [-0.1, -0.05) is 29.3 Å². The van der Waals surface area contributed by atoms with Gasteiger partial charge in [-0.25, -0.2) is 0 Å². The summed E-state index contributed by atoms with van der Waals surface area (Å²) in [7, 11) is 0. The first-order valence-electron chi connectivity index (χ1n) is 6.50. The van der Waals surface area contributed by atoms with Crippen LogP contribution >= 0.6 is 23.2 Å². The van der Waals surface area contributed by atoms with E-state index in [1.807, 2.05) is 0 Å². The maximum absolute atomic E-state index is 11.9. The summed E-state index contributed by atoms with van der Waals surface area (Å²) in [6.07, 6.45) is 0. The van der Waals surface area contributed by atoms with E-state index in [1.54, 1.807) is 36.4 Å². The van der Waals surface area contributed by atoms with E-state index in [4.69, 9.17) is 32.7 Å². The molecule has 1 heterocycles. The molecule has 2 amide bonds. The topological polar surface area (TPSA) is 76.7 Å². The minimum Gasteiger partial charge on any atom is -0.454 e. The van der Waals surface area contributed by atoms with E-state index in [1.165, 1.54) is 0 Å². The third-order valence-corrected chi connectivity index (χ3v) is 3.86. The van der Waals surface area contributed by atoms with Crippen LogP contribution in [0.1, 0.15) is 0 Å². The molecule has 2 aromatic carbocycles. The summed E-state index contributed by atoms with van der Waals surface area (Å²) in [4.78, 5) is 23.9. The molecule has 118 valence electrons. The van der Waals surface area contributed by atoms with E-state index < -0.39 is 11.8 Å². The van der Waals surface area contributed by atoms with Gasteiger partial charge in [0.25, 0.3) is 0 Å². The molecule has 0 atom stereocenters. The van der Waals surface area contributed by atoms with E-state index in [2.05, 4.69) is 10.6 Å². The van der Waals surface area contributed by atoms with Gasteiger partial charge < -0.3 is 20.1 Å². The second-order valence-corrected chi connectivity index (χ2v) is 5.36. The van der Waals surface area contributed by atoms with Gasteiger partial charge in [-0.3, -0.25) is 9.59 Å². The molecule has 23 heavy (non-hydrogen) atoms. The Morgan fingerprint density at radius 2 is 1.70 bits per heavy atom. The summed E-state index contributed by atoms with van der Waals surface area (Å²) in [6.45, 7) is 0.125. The van der Waals surface area contributed by atoms with Crippen molar-refractivity contribution >= 4 is 46.4 Å². The van der Waals surface area contributed by atoms with E-state index in [9.17, 15) is 9.59 Å². The SMILES string of the molecule is O=C(Nc1ccc2c(c1)OCO2)C(=O)Nc1cccc(Cl)c1Cl. The van der Waals surface area contributed by atoms with Crippen LogP contribution in [0.2, 0.25) is 10.0 Å². The maximum atomic E-state index is 11.9. The van der Waals surface area contributed by atoms with Crippen LogP contribution in [0.4, 0.5) is 11.4 Å². The molecule has 0 aromatic heterocycles. The minimum atomic E-state index is -0.869. The van der Waals surface area contributed by atoms with Crippen molar-refractivity contribution in [3.8, 4) is 11.5 Å². The predicted molar refractivity (Wildman–Crippen MR) is 86.3 cm³/mol. The van der Waals surface area contributed by atoms with Crippen molar-refractivity contribution < 1.29 is 19.1 Å². The molecule has 2 N–H and O–H groups in total. The van der Waals surface area contributed by atoms with E-state index >= 15 is 0 Å². The number of ether oxygens (including phenoxy) is 2. The Bertz CT molecular complexity index is 795. The number of fused-ring (bicyclic) bond motifs is 1. The normalized spacial score (nSPS) is 11.9. The van der Waals surface area contributed by atoms with E-state index in [-0.39, 0.29) is 22.5 Å². The Morgan fingerprint density at radius 3 is 2.52 bits per heavy atom. The Kier molecular flexibility index (Phi) is 4.27. The van der Waals surface area contributed by atoms with E-state index in [0.717, 1.165) is 0 Å². The van der Waals surface area contributed by atoms with Gasteiger partial charge in [-0.05, 0) is 24.3 Å². The molecule has 6 nitrogen and oxygen atoms in total. The molecule has 3 rings (SSSR count). The van der Waals surface area contributed by atoms with Gasteiger partial charge in [0.1, 0.15) is 0 Å². The lowest BCUT2D eigenvalue weighted by atomic mass is 10.2. The van der Waals surface area contributed by atoms with Crippen LogP contribution in [0, 0.1) is 0 Å². The molecule has 8 heteroatoms. The van der Waals surface area contributed by atoms with Crippen molar-refractivity contribution in [2.45, 2.75) is 0 Å². The standard InChI is InChI=1S/C15H10Cl2N2O4/c16-9-2-1-3-10(13(9)17)19-15(21)14(20)18-8-4-5-11-12(6-8)23-7-22-11/h1-6H,7H2,(H,18,20)(H,19,21). The molecule has 0 saturated heterocycles. The first kappa shape index (κ1) is 15.5. The van der Waals surface area contributed by atoms with Crippen LogP contribution in [0.3, 0.4) is 0 Å². The number of rotatable bonds is 2. The van der Waals surface area contributed by atoms with E-state index in [0.29, 0.717) is 17.2 Å². The molecule has 0 bridgehead atoms. The molecule has 0 fully saturated rings. The van der Waals surface area contributed by atoms with Gasteiger partial charge in [-0.15, -0.1) is 0 Å². The van der Waals surface area contributed by atoms with Crippen LogP contribution in [0.25, 0.3) is 0 Å². The van der Waals surface area contributed by atoms with Gasteiger partial charge in [0.15, 0.2) is 11.5 Å². The molecule has 0 saturated carbocycles. The molecule has 2 aromatic rings. The summed E-state index contributed by atoms with van der Waals surface area (Å²) >= 11 is 11.8. The van der Waals surface area contributed by atoms with Crippen LogP contribution in [-0.4, -0.2) is 18.6 Å². The highest BCUT2D eigenvalue weighted by Crippen LogP contribution is 2.34. The van der Waals surface area contributed by atoms with Crippen LogP contribution < -0.4 is 20.1 Å². The van der Waals surface area contributed by atoms with Gasteiger partial charge in [-0.2, -0.15) is 0 Å². The first-order chi connectivity index (χ1) is 11.0. The summed E-state index contributed by atoms with van der Waals surface area (Å²) in [5.74, 6) is -0.633. The van der Waals surface area contributed by atoms with Gasteiger partial charge in [0, 0.05) is 11.8 Å². The van der Waals surface area contributed by atoms with Gasteiger partial charge in [0.2, 0.25) is 6.79 Å². The lowest BCUT2D eigenvalue weighted by Gasteiger charge is -2.09. The number of nitrogens with one attached hydrogen (secondary N) is 2. The second-order valence-electron chi connectivity index (χ2n) is 4.58. The number of halogens is 2. The van der Waals surface area contributed by atoms with Crippen molar-refractivity contribution in [2.24, 2.45) is 0 Å². The third kappa shape index (κ3) is 3.33. The maximum Gasteiger partial charge on any atom is 0.314 e. The summed E-state index contributed by atoms with van der Waals surface area (Å²) in [5.41, 5.74) is 0.664. The number of benzene rings is 2. The lowest BCUT2D eigenvalue weighted by molar-refractivity contribution is -0.132. The zero-order valence-electron chi connectivity index (χ0n) is 11.6. The highest BCUT2D eigenvalue weighted by atomic mass is 35.5. The van der Waals surface area contributed by atoms with Crippen LogP contribution in [0.5, 0.6) is 11.5 Å². The molecule has 0 spiro atoms. The number of carbonyl (C=O) groups is 2. The summed E-state index contributed by atoms with van der Waals surface area (Å²) in [6, 6.07) is 9.54. The van der Waals surface area contributed by atoms with Crippen LogP contribution in [0.15, 0.2) is 36.4 Å². The number of hydrogen-bond acceptors (Lipinski definition) is 4. The van der Waals surface area contributed by atoms with Crippen molar-refractivity contribution in [1.82, 2.24) is 0 Å². The summed E-state index contributed by atoms with van der Waals surface area (Å²) < 4.78 is 10.4. The number of carbonyl (C=O) groups excluding carboxylic acids is 2. The highest BCUT2D eigenvalue weighted by molar-refractivity contribution is 6.47. The first-order valence-corrected chi connectivity index (χ1v) is 7.26. The number of amides is 2. The van der Waals surface area contributed by atoms with Crippen molar-refractivity contribution in [3.05, 3.63) is 46.4 Å². The Labute approximate surface area is 141 Å². The average molecular weight is 353 g/mol. The smallest absolute Gasteiger partial charge is 0.314 e. The Hall–Kier alpha value is -2.44. The molecular weight excluding hydrogens is 343 g/mol. The summed E-state index contributed by atoms with van der Waals surface area (Å²) in [5, 5.41) is 5.31. The number of hydrogen-bond donors (Lipinski definition) is 2. The fourth-order valence-corrected chi connectivity index (χ4v) is 2.29. The van der Waals surface area contributed by atoms with Gasteiger partial charge in [0.05, 0.1) is 15.7 Å². The zero-order valence-corrected chi connectivity index (χ0v) is 13.1. The minimum absolute atomic E-state index is 0.125. The molecule has 1 aliphatic heterocycles. The molecule has 1 aliphatic rings.